The highest BCUT2D eigenvalue weighted by Crippen LogP contribution is 2.24. The van der Waals surface area contributed by atoms with Crippen LogP contribution in [0.4, 0.5) is 5.69 Å². The smallest absolute Gasteiger partial charge is 0.243 e. The molecular weight excluding hydrogens is 372 g/mol. The Balaban J connectivity index is 2.13. The first-order valence-electron chi connectivity index (χ1n) is 8.39. The van der Waals surface area contributed by atoms with E-state index in [4.69, 9.17) is 11.6 Å². The summed E-state index contributed by atoms with van der Waals surface area (Å²) in [5.41, 5.74) is 1.53. The van der Waals surface area contributed by atoms with Crippen molar-refractivity contribution in [1.82, 2.24) is 5.32 Å². The molecular formula is C19H23ClN2O3S. The minimum absolute atomic E-state index is 0.316. The fraction of sp³-hybridized carbons (Fsp3) is 0.316. The van der Waals surface area contributed by atoms with Gasteiger partial charge in [-0.05, 0) is 42.7 Å². The Morgan fingerprint density at radius 2 is 1.73 bits per heavy atom. The quantitative estimate of drug-likeness (QED) is 0.747. The molecule has 1 atom stereocenters. The first-order chi connectivity index (χ1) is 12.3. The molecule has 0 aliphatic heterocycles. The van der Waals surface area contributed by atoms with Gasteiger partial charge in [0.05, 0.1) is 11.9 Å². The van der Waals surface area contributed by atoms with E-state index in [-0.39, 0.29) is 5.91 Å². The van der Waals surface area contributed by atoms with Crippen molar-refractivity contribution in [2.24, 2.45) is 0 Å². The van der Waals surface area contributed by atoms with Gasteiger partial charge in [-0.2, -0.15) is 0 Å². The lowest BCUT2D eigenvalue weighted by atomic mass is 10.1. The van der Waals surface area contributed by atoms with Crippen LogP contribution in [0.25, 0.3) is 0 Å². The minimum Gasteiger partial charge on any atom is -0.354 e. The number of rotatable bonds is 8. The van der Waals surface area contributed by atoms with Crippen molar-refractivity contribution in [3.8, 4) is 0 Å². The molecule has 1 N–H and O–H groups in total. The molecule has 0 saturated heterocycles. The number of nitrogens with zero attached hydrogens (tertiary/aromatic N) is 1. The predicted octanol–water partition coefficient (Wildman–Crippen LogP) is 3.24. The van der Waals surface area contributed by atoms with E-state index >= 15 is 0 Å². The Morgan fingerprint density at radius 3 is 2.27 bits per heavy atom. The van der Waals surface area contributed by atoms with Crippen LogP contribution in [0.2, 0.25) is 5.02 Å². The number of hydrogen-bond acceptors (Lipinski definition) is 3. The molecule has 5 nitrogen and oxygen atoms in total. The highest BCUT2D eigenvalue weighted by molar-refractivity contribution is 7.92. The van der Waals surface area contributed by atoms with Crippen LogP contribution in [-0.4, -0.2) is 33.2 Å². The van der Waals surface area contributed by atoms with E-state index in [0.29, 0.717) is 30.1 Å². The lowest BCUT2D eigenvalue weighted by Crippen LogP contribution is -2.49. The first-order valence-corrected chi connectivity index (χ1v) is 10.6. The normalized spacial score (nSPS) is 12.4. The number of halogens is 1. The van der Waals surface area contributed by atoms with Gasteiger partial charge in [0.25, 0.3) is 0 Å². The molecule has 0 saturated carbocycles. The number of anilines is 1. The molecule has 0 fully saturated rings. The monoisotopic (exact) mass is 394 g/mol. The average Bonchev–Trinajstić information content (AvgIpc) is 2.60. The van der Waals surface area contributed by atoms with Gasteiger partial charge in [-0.3, -0.25) is 9.10 Å². The summed E-state index contributed by atoms with van der Waals surface area (Å²) in [7, 11) is -3.63. The van der Waals surface area contributed by atoms with Gasteiger partial charge in [-0.25, -0.2) is 8.42 Å². The molecule has 0 bridgehead atoms. The van der Waals surface area contributed by atoms with E-state index in [1.807, 2.05) is 30.3 Å². The number of carbonyl (C=O) groups excluding carboxylic acids is 1. The third kappa shape index (κ3) is 5.47. The Bertz CT molecular complexity index is 824. The van der Waals surface area contributed by atoms with E-state index in [1.54, 1.807) is 31.2 Å². The summed E-state index contributed by atoms with van der Waals surface area (Å²) < 4.78 is 25.8. The van der Waals surface area contributed by atoms with Gasteiger partial charge >= 0.3 is 0 Å². The average molecular weight is 395 g/mol. The van der Waals surface area contributed by atoms with Crippen LogP contribution in [-0.2, 0) is 21.2 Å². The third-order valence-corrected chi connectivity index (χ3v) is 5.40. The Morgan fingerprint density at radius 1 is 1.12 bits per heavy atom. The number of benzene rings is 2. The lowest BCUT2D eigenvalue weighted by Gasteiger charge is -2.30. The topological polar surface area (TPSA) is 66.5 Å². The van der Waals surface area contributed by atoms with Gasteiger partial charge in [0, 0.05) is 11.6 Å². The Labute approximate surface area is 160 Å². The van der Waals surface area contributed by atoms with E-state index in [1.165, 1.54) is 0 Å². The SMILES string of the molecule is CC[C@H](C(=O)NCCc1ccccc1)N(c1ccc(Cl)cc1)S(C)(=O)=O. The van der Waals surface area contributed by atoms with Crippen LogP contribution in [0.1, 0.15) is 18.9 Å². The molecule has 2 aromatic rings. The summed E-state index contributed by atoms with van der Waals surface area (Å²) in [6, 6.07) is 15.4. The van der Waals surface area contributed by atoms with Gasteiger partial charge in [0.15, 0.2) is 0 Å². The molecule has 0 aliphatic rings. The van der Waals surface area contributed by atoms with E-state index < -0.39 is 16.1 Å². The maximum atomic E-state index is 12.6. The predicted molar refractivity (Wildman–Crippen MR) is 106 cm³/mol. The van der Waals surface area contributed by atoms with Crippen LogP contribution in [0.15, 0.2) is 54.6 Å². The molecule has 1 amide bonds. The van der Waals surface area contributed by atoms with Crippen LogP contribution in [0, 0.1) is 0 Å². The highest BCUT2D eigenvalue weighted by Gasteiger charge is 2.31. The summed E-state index contributed by atoms with van der Waals surface area (Å²) in [4.78, 5) is 12.6. The summed E-state index contributed by atoms with van der Waals surface area (Å²) in [6.07, 6.45) is 2.14. The van der Waals surface area contributed by atoms with Gasteiger partial charge < -0.3 is 5.32 Å². The molecule has 26 heavy (non-hydrogen) atoms. The third-order valence-electron chi connectivity index (χ3n) is 3.97. The molecule has 0 spiro atoms. The minimum atomic E-state index is -3.63. The van der Waals surface area contributed by atoms with Crippen molar-refractivity contribution >= 4 is 33.2 Å². The van der Waals surface area contributed by atoms with Crippen molar-refractivity contribution in [2.75, 3.05) is 17.1 Å². The van der Waals surface area contributed by atoms with Gasteiger partial charge in [0.2, 0.25) is 15.9 Å². The van der Waals surface area contributed by atoms with Crippen LogP contribution < -0.4 is 9.62 Å². The van der Waals surface area contributed by atoms with Crippen molar-refractivity contribution in [1.29, 1.82) is 0 Å². The molecule has 0 heterocycles. The fourth-order valence-electron chi connectivity index (χ4n) is 2.74. The van der Waals surface area contributed by atoms with Crippen molar-refractivity contribution in [3.05, 3.63) is 65.2 Å². The molecule has 0 aliphatic carbocycles. The Hall–Kier alpha value is -2.05. The lowest BCUT2D eigenvalue weighted by molar-refractivity contribution is -0.122. The van der Waals surface area contributed by atoms with E-state index in [9.17, 15) is 13.2 Å². The molecule has 140 valence electrons. The van der Waals surface area contributed by atoms with Crippen molar-refractivity contribution in [2.45, 2.75) is 25.8 Å². The maximum absolute atomic E-state index is 12.6. The highest BCUT2D eigenvalue weighted by atomic mass is 35.5. The summed E-state index contributed by atoms with van der Waals surface area (Å²) >= 11 is 5.89. The molecule has 0 radical (unpaired) electrons. The molecule has 0 aromatic heterocycles. The maximum Gasteiger partial charge on any atom is 0.243 e. The molecule has 7 heteroatoms. The first kappa shape index (κ1) is 20.3. The fourth-order valence-corrected chi connectivity index (χ4v) is 4.08. The van der Waals surface area contributed by atoms with Crippen LogP contribution >= 0.6 is 11.6 Å². The Kier molecular flexibility index (Phi) is 7.06. The molecule has 2 aromatic carbocycles. The zero-order valence-electron chi connectivity index (χ0n) is 14.9. The summed E-state index contributed by atoms with van der Waals surface area (Å²) in [5, 5.41) is 3.35. The van der Waals surface area contributed by atoms with Crippen LogP contribution in [0.5, 0.6) is 0 Å². The number of nitrogens with one attached hydrogen (secondary N) is 1. The second kappa shape index (κ2) is 9.05. The number of hydrogen-bond donors (Lipinski definition) is 1. The van der Waals surface area contributed by atoms with E-state index in [2.05, 4.69) is 5.32 Å². The number of amides is 1. The van der Waals surface area contributed by atoms with Gasteiger partial charge in [-0.15, -0.1) is 0 Å². The van der Waals surface area contributed by atoms with Crippen molar-refractivity contribution < 1.29 is 13.2 Å². The number of carbonyl (C=O) groups is 1. The zero-order valence-corrected chi connectivity index (χ0v) is 16.4. The van der Waals surface area contributed by atoms with Crippen LogP contribution in [0.3, 0.4) is 0 Å². The molecule has 0 unspecified atom stereocenters. The summed E-state index contributed by atoms with van der Waals surface area (Å²) in [5.74, 6) is -0.316. The summed E-state index contributed by atoms with van der Waals surface area (Å²) in [6.45, 7) is 2.23. The van der Waals surface area contributed by atoms with Gasteiger partial charge in [-0.1, -0.05) is 48.9 Å². The standard InChI is InChI=1S/C19H23ClN2O3S/c1-3-18(19(23)21-14-13-15-7-5-4-6-8-15)22(26(2,24)25)17-11-9-16(20)10-12-17/h4-12,18H,3,13-14H2,1-2H3,(H,21,23)/t18-/m1/s1. The second-order valence-corrected chi connectivity index (χ2v) is 8.28. The number of sulfonamides is 1. The largest absolute Gasteiger partial charge is 0.354 e. The van der Waals surface area contributed by atoms with Crippen molar-refractivity contribution in [3.63, 3.8) is 0 Å². The van der Waals surface area contributed by atoms with E-state index in [0.717, 1.165) is 16.1 Å². The van der Waals surface area contributed by atoms with Gasteiger partial charge in [0.1, 0.15) is 6.04 Å². The zero-order chi connectivity index (χ0) is 19.2. The molecule has 2 rings (SSSR count). The second-order valence-electron chi connectivity index (χ2n) is 5.99.